The van der Waals surface area contributed by atoms with Crippen LogP contribution in [0.2, 0.25) is 0 Å². The fraction of sp³-hybridized carbons (Fsp3) is 0.231. The van der Waals surface area contributed by atoms with Gasteiger partial charge in [-0.25, -0.2) is 5.43 Å². The van der Waals surface area contributed by atoms with E-state index < -0.39 is 0 Å². The number of aryl methyl sites for hydroxylation is 2. The molecule has 0 heterocycles. The summed E-state index contributed by atoms with van der Waals surface area (Å²) >= 11 is 3.44. The van der Waals surface area contributed by atoms with Crippen LogP contribution in [-0.2, 0) is 17.8 Å². The van der Waals surface area contributed by atoms with E-state index >= 15 is 0 Å². The Balaban J connectivity index is 1.53. The normalized spacial score (nSPS) is 10.8. The van der Waals surface area contributed by atoms with Crippen molar-refractivity contribution in [1.29, 1.82) is 0 Å². The Labute approximate surface area is 202 Å². The first-order chi connectivity index (χ1) is 16.0. The summed E-state index contributed by atoms with van der Waals surface area (Å²) in [5, 5.41) is 4.01. The van der Waals surface area contributed by atoms with E-state index in [2.05, 4.69) is 38.6 Å². The first kappa shape index (κ1) is 24.3. The van der Waals surface area contributed by atoms with E-state index in [1.807, 2.05) is 56.3 Å². The predicted molar refractivity (Wildman–Crippen MR) is 133 cm³/mol. The van der Waals surface area contributed by atoms with Crippen molar-refractivity contribution in [2.45, 2.75) is 26.9 Å². The van der Waals surface area contributed by atoms with E-state index in [4.69, 9.17) is 14.2 Å². The van der Waals surface area contributed by atoms with Crippen molar-refractivity contribution in [3.63, 3.8) is 0 Å². The quantitative estimate of drug-likeness (QED) is 0.291. The van der Waals surface area contributed by atoms with Crippen LogP contribution in [0, 0.1) is 6.92 Å². The van der Waals surface area contributed by atoms with Crippen molar-refractivity contribution in [2.24, 2.45) is 5.10 Å². The van der Waals surface area contributed by atoms with Crippen LogP contribution in [0.3, 0.4) is 0 Å². The molecule has 0 aromatic heterocycles. The van der Waals surface area contributed by atoms with Crippen LogP contribution in [0.5, 0.6) is 17.2 Å². The molecule has 33 heavy (non-hydrogen) atoms. The largest absolute Gasteiger partial charge is 0.493 e. The Hall–Kier alpha value is -3.32. The molecule has 0 saturated heterocycles. The van der Waals surface area contributed by atoms with Gasteiger partial charge in [0.1, 0.15) is 12.4 Å². The summed E-state index contributed by atoms with van der Waals surface area (Å²) in [5.74, 6) is 1.56. The van der Waals surface area contributed by atoms with E-state index in [-0.39, 0.29) is 12.5 Å². The maximum Gasteiger partial charge on any atom is 0.277 e. The van der Waals surface area contributed by atoms with Crippen molar-refractivity contribution < 1.29 is 19.0 Å². The minimum absolute atomic E-state index is 0.124. The zero-order valence-electron chi connectivity index (χ0n) is 18.9. The first-order valence-electron chi connectivity index (χ1n) is 10.6. The van der Waals surface area contributed by atoms with E-state index in [1.54, 1.807) is 19.4 Å². The van der Waals surface area contributed by atoms with E-state index in [0.717, 1.165) is 27.6 Å². The van der Waals surface area contributed by atoms with Gasteiger partial charge in [-0.2, -0.15) is 5.10 Å². The molecule has 0 fully saturated rings. The number of methoxy groups -OCH3 is 1. The third-order valence-electron chi connectivity index (χ3n) is 4.87. The van der Waals surface area contributed by atoms with Crippen molar-refractivity contribution in [3.8, 4) is 17.2 Å². The molecule has 3 aromatic rings. The van der Waals surface area contributed by atoms with Crippen LogP contribution in [0.4, 0.5) is 0 Å². The lowest BCUT2D eigenvalue weighted by molar-refractivity contribution is -0.123. The van der Waals surface area contributed by atoms with E-state index in [0.29, 0.717) is 23.9 Å². The molecule has 172 valence electrons. The highest BCUT2D eigenvalue weighted by molar-refractivity contribution is 9.10. The van der Waals surface area contributed by atoms with Gasteiger partial charge in [-0.3, -0.25) is 4.79 Å². The summed E-state index contributed by atoms with van der Waals surface area (Å²) in [5.41, 5.74) is 6.55. The predicted octanol–water partition coefficient (Wildman–Crippen LogP) is 5.44. The van der Waals surface area contributed by atoms with Crippen LogP contribution < -0.4 is 19.6 Å². The number of hydrazone groups is 1. The van der Waals surface area contributed by atoms with E-state index in [9.17, 15) is 4.79 Å². The number of nitrogens with zero attached hydrogens (tertiary/aromatic N) is 1. The Bertz CT molecular complexity index is 1110. The summed E-state index contributed by atoms with van der Waals surface area (Å²) in [6, 6.07) is 19.3. The summed E-state index contributed by atoms with van der Waals surface area (Å²) in [6.07, 6.45) is 2.35. The van der Waals surface area contributed by atoms with Gasteiger partial charge in [-0.1, -0.05) is 52.7 Å². The summed E-state index contributed by atoms with van der Waals surface area (Å²) in [4.78, 5) is 12.1. The molecule has 1 amide bonds. The van der Waals surface area contributed by atoms with Gasteiger partial charge in [0.2, 0.25) is 0 Å². The van der Waals surface area contributed by atoms with Crippen LogP contribution >= 0.6 is 15.9 Å². The topological polar surface area (TPSA) is 69.2 Å². The first-order valence-corrected chi connectivity index (χ1v) is 11.4. The van der Waals surface area contributed by atoms with Crippen molar-refractivity contribution in [2.75, 3.05) is 13.7 Å². The number of hydrogen-bond acceptors (Lipinski definition) is 5. The lowest BCUT2D eigenvalue weighted by atomic mass is 10.1. The van der Waals surface area contributed by atoms with Crippen molar-refractivity contribution in [1.82, 2.24) is 5.43 Å². The molecule has 6 nitrogen and oxygen atoms in total. The van der Waals surface area contributed by atoms with Crippen LogP contribution in [0.1, 0.15) is 29.2 Å². The number of halogens is 1. The van der Waals surface area contributed by atoms with Gasteiger partial charge >= 0.3 is 0 Å². The highest BCUT2D eigenvalue weighted by Crippen LogP contribution is 2.28. The molecule has 0 aliphatic heterocycles. The zero-order chi connectivity index (χ0) is 23.6. The molecule has 0 aliphatic carbocycles. The van der Waals surface area contributed by atoms with Gasteiger partial charge in [0.05, 0.1) is 13.3 Å². The molecule has 0 spiro atoms. The van der Waals surface area contributed by atoms with Gasteiger partial charge in [0, 0.05) is 4.47 Å². The van der Waals surface area contributed by atoms with Gasteiger partial charge in [-0.05, 0) is 66.4 Å². The fourth-order valence-electron chi connectivity index (χ4n) is 3.05. The lowest BCUT2D eigenvalue weighted by Gasteiger charge is -2.11. The van der Waals surface area contributed by atoms with Gasteiger partial charge in [0.25, 0.3) is 5.91 Å². The van der Waals surface area contributed by atoms with Crippen LogP contribution in [-0.4, -0.2) is 25.8 Å². The third-order valence-corrected chi connectivity index (χ3v) is 5.36. The lowest BCUT2D eigenvalue weighted by Crippen LogP contribution is -2.24. The Morgan fingerprint density at radius 2 is 1.76 bits per heavy atom. The number of amides is 1. The summed E-state index contributed by atoms with van der Waals surface area (Å²) in [7, 11) is 1.58. The number of rotatable bonds is 10. The van der Waals surface area contributed by atoms with Crippen LogP contribution in [0.25, 0.3) is 0 Å². The highest BCUT2D eigenvalue weighted by atomic mass is 79.9. The molecule has 0 unspecified atom stereocenters. The number of nitrogens with one attached hydrogen (secondary N) is 1. The Kier molecular flexibility index (Phi) is 8.89. The molecule has 3 rings (SSSR count). The maximum absolute atomic E-state index is 12.1. The molecule has 0 aliphatic rings. The van der Waals surface area contributed by atoms with Crippen LogP contribution in [0.15, 0.2) is 70.2 Å². The molecule has 0 atom stereocenters. The molecule has 0 saturated carbocycles. The third kappa shape index (κ3) is 7.36. The monoisotopic (exact) mass is 510 g/mol. The standard InChI is InChI=1S/C26H27BrN2O4/c1-4-21-14-22(27)10-12-23(21)33-17-26(30)29-28-15-20-9-11-24(25(13-20)31-3)32-16-19-7-5-18(2)6-8-19/h5-15H,4,16-17H2,1-3H3,(H,29,30)/b28-15+. The Morgan fingerprint density at radius 1 is 1.00 bits per heavy atom. The molecule has 0 radical (unpaired) electrons. The second-order valence-corrected chi connectivity index (χ2v) is 8.29. The summed E-state index contributed by atoms with van der Waals surface area (Å²) in [6.45, 7) is 4.40. The minimum Gasteiger partial charge on any atom is -0.493 e. The number of ether oxygens (including phenoxy) is 3. The maximum atomic E-state index is 12.1. The highest BCUT2D eigenvalue weighted by Gasteiger charge is 2.08. The molecule has 3 aromatic carbocycles. The number of carbonyl (C=O) groups is 1. The zero-order valence-corrected chi connectivity index (χ0v) is 20.5. The molecule has 1 N–H and O–H groups in total. The average molecular weight is 511 g/mol. The minimum atomic E-state index is -0.346. The molecule has 7 heteroatoms. The second kappa shape index (κ2) is 12.1. The molecular weight excluding hydrogens is 484 g/mol. The Morgan fingerprint density at radius 3 is 2.48 bits per heavy atom. The SMILES string of the molecule is CCc1cc(Br)ccc1OCC(=O)N/N=C/c1ccc(OCc2ccc(C)cc2)c(OC)c1. The number of hydrogen-bond donors (Lipinski definition) is 1. The average Bonchev–Trinajstić information content (AvgIpc) is 2.83. The second-order valence-electron chi connectivity index (χ2n) is 7.37. The van der Waals surface area contributed by atoms with Gasteiger partial charge in [0.15, 0.2) is 18.1 Å². The fourth-order valence-corrected chi connectivity index (χ4v) is 3.46. The van der Waals surface area contributed by atoms with E-state index in [1.165, 1.54) is 5.56 Å². The van der Waals surface area contributed by atoms with Gasteiger partial charge in [-0.15, -0.1) is 0 Å². The molecular formula is C26H27BrN2O4. The van der Waals surface area contributed by atoms with Crippen molar-refractivity contribution in [3.05, 3.63) is 87.4 Å². The van der Waals surface area contributed by atoms with Gasteiger partial charge < -0.3 is 14.2 Å². The summed E-state index contributed by atoms with van der Waals surface area (Å²) < 4.78 is 17.9. The smallest absolute Gasteiger partial charge is 0.277 e. The number of benzene rings is 3. The number of carbonyl (C=O) groups excluding carboxylic acids is 1. The molecule has 0 bridgehead atoms. The van der Waals surface area contributed by atoms with Crippen molar-refractivity contribution >= 4 is 28.1 Å².